The first kappa shape index (κ1) is 15.0. The molecule has 0 spiro atoms. The minimum absolute atomic E-state index is 0.127. The van der Waals surface area contributed by atoms with Crippen molar-refractivity contribution in [1.82, 2.24) is 10.3 Å². The van der Waals surface area contributed by atoms with Gasteiger partial charge in [-0.3, -0.25) is 9.78 Å². The van der Waals surface area contributed by atoms with E-state index >= 15 is 0 Å². The van der Waals surface area contributed by atoms with Gasteiger partial charge in [0.1, 0.15) is 0 Å². The SMILES string of the molecule is O=C(NCc1ccccn1)Nc1cccc(N2CCCC2=O)c1. The van der Waals surface area contributed by atoms with E-state index in [0.717, 1.165) is 24.3 Å². The summed E-state index contributed by atoms with van der Waals surface area (Å²) in [5, 5.41) is 5.53. The van der Waals surface area contributed by atoms with Crippen molar-refractivity contribution in [2.45, 2.75) is 19.4 Å². The molecule has 6 nitrogen and oxygen atoms in total. The second kappa shape index (κ2) is 6.91. The summed E-state index contributed by atoms with van der Waals surface area (Å²) in [4.78, 5) is 29.6. The summed E-state index contributed by atoms with van der Waals surface area (Å²) in [5.74, 6) is 0.127. The molecule has 23 heavy (non-hydrogen) atoms. The number of benzene rings is 1. The summed E-state index contributed by atoms with van der Waals surface area (Å²) in [5.41, 5.74) is 2.26. The quantitative estimate of drug-likeness (QED) is 0.911. The lowest BCUT2D eigenvalue weighted by Crippen LogP contribution is -2.28. The van der Waals surface area contributed by atoms with Gasteiger partial charge in [0.25, 0.3) is 0 Å². The van der Waals surface area contributed by atoms with Crippen LogP contribution in [0.3, 0.4) is 0 Å². The molecule has 1 aliphatic heterocycles. The summed E-state index contributed by atoms with van der Waals surface area (Å²) < 4.78 is 0. The largest absolute Gasteiger partial charge is 0.332 e. The topological polar surface area (TPSA) is 74.3 Å². The smallest absolute Gasteiger partial charge is 0.319 e. The number of urea groups is 1. The Kier molecular flexibility index (Phi) is 4.52. The first-order chi connectivity index (χ1) is 11.2. The van der Waals surface area contributed by atoms with Crippen LogP contribution in [0.25, 0.3) is 0 Å². The highest BCUT2D eigenvalue weighted by molar-refractivity contribution is 5.96. The zero-order chi connectivity index (χ0) is 16.1. The Bertz CT molecular complexity index is 703. The molecule has 2 heterocycles. The minimum atomic E-state index is -0.305. The van der Waals surface area contributed by atoms with Crippen LogP contribution < -0.4 is 15.5 Å². The van der Waals surface area contributed by atoms with Crippen molar-refractivity contribution in [1.29, 1.82) is 0 Å². The lowest BCUT2D eigenvalue weighted by molar-refractivity contribution is -0.117. The summed E-state index contributed by atoms with van der Waals surface area (Å²) in [6.07, 6.45) is 3.15. The number of rotatable bonds is 4. The first-order valence-corrected chi connectivity index (χ1v) is 7.57. The summed E-state index contributed by atoms with van der Waals surface area (Å²) >= 11 is 0. The second-order valence-electron chi connectivity index (χ2n) is 5.33. The fraction of sp³-hybridized carbons (Fsp3) is 0.235. The zero-order valence-electron chi connectivity index (χ0n) is 12.7. The lowest BCUT2D eigenvalue weighted by Gasteiger charge is -2.16. The van der Waals surface area contributed by atoms with E-state index in [1.54, 1.807) is 17.2 Å². The third-order valence-corrected chi connectivity index (χ3v) is 3.65. The lowest BCUT2D eigenvalue weighted by atomic mass is 10.2. The van der Waals surface area contributed by atoms with Crippen molar-refractivity contribution in [2.75, 3.05) is 16.8 Å². The normalized spacial score (nSPS) is 13.9. The molecule has 0 bridgehead atoms. The van der Waals surface area contributed by atoms with Crippen LogP contribution >= 0.6 is 0 Å². The summed E-state index contributed by atoms with van der Waals surface area (Å²) in [6, 6.07) is 12.6. The summed E-state index contributed by atoms with van der Waals surface area (Å²) in [6.45, 7) is 1.09. The molecule has 0 radical (unpaired) electrons. The van der Waals surface area contributed by atoms with E-state index < -0.39 is 0 Å². The van der Waals surface area contributed by atoms with E-state index in [4.69, 9.17) is 0 Å². The van der Waals surface area contributed by atoms with Gasteiger partial charge in [-0.2, -0.15) is 0 Å². The van der Waals surface area contributed by atoms with Gasteiger partial charge in [0.15, 0.2) is 0 Å². The number of aromatic nitrogens is 1. The molecule has 1 fully saturated rings. The fourth-order valence-corrected chi connectivity index (χ4v) is 2.52. The van der Waals surface area contributed by atoms with Gasteiger partial charge in [-0.05, 0) is 36.8 Å². The van der Waals surface area contributed by atoms with Gasteiger partial charge in [-0.1, -0.05) is 12.1 Å². The predicted molar refractivity (Wildman–Crippen MR) is 88.1 cm³/mol. The first-order valence-electron chi connectivity index (χ1n) is 7.57. The van der Waals surface area contributed by atoms with E-state index in [-0.39, 0.29) is 11.9 Å². The van der Waals surface area contributed by atoms with E-state index in [0.29, 0.717) is 18.7 Å². The third kappa shape index (κ3) is 3.85. The van der Waals surface area contributed by atoms with E-state index in [2.05, 4.69) is 15.6 Å². The van der Waals surface area contributed by atoms with Gasteiger partial charge in [-0.25, -0.2) is 4.79 Å². The number of anilines is 2. The van der Waals surface area contributed by atoms with Crippen molar-refractivity contribution in [3.63, 3.8) is 0 Å². The van der Waals surface area contributed by atoms with Crippen molar-refractivity contribution in [3.8, 4) is 0 Å². The van der Waals surface area contributed by atoms with Gasteiger partial charge < -0.3 is 15.5 Å². The Morgan fingerprint density at radius 3 is 2.87 bits per heavy atom. The molecule has 0 aliphatic carbocycles. The van der Waals surface area contributed by atoms with E-state index in [9.17, 15) is 9.59 Å². The molecule has 1 aromatic heterocycles. The van der Waals surface area contributed by atoms with Crippen molar-refractivity contribution in [2.24, 2.45) is 0 Å². The molecule has 1 aromatic carbocycles. The van der Waals surface area contributed by atoms with E-state index in [1.807, 2.05) is 36.4 Å². The van der Waals surface area contributed by atoms with Crippen LogP contribution in [0.1, 0.15) is 18.5 Å². The highest BCUT2D eigenvalue weighted by Gasteiger charge is 2.21. The van der Waals surface area contributed by atoms with Crippen LogP contribution in [0, 0.1) is 0 Å². The number of hydrogen-bond donors (Lipinski definition) is 2. The maximum atomic E-state index is 12.0. The second-order valence-corrected chi connectivity index (χ2v) is 5.33. The van der Waals surface area contributed by atoms with Crippen LogP contribution in [0.4, 0.5) is 16.2 Å². The maximum Gasteiger partial charge on any atom is 0.319 e. The molecule has 3 amide bonds. The molecule has 2 N–H and O–H groups in total. The number of pyridine rings is 1. The van der Waals surface area contributed by atoms with Gasteiger partial charge in [0.2, 0.25) is 5.91 Å². The van der Waals surface area contributed by atoms with Crippen molar-refractivity contribution in [3.05, 3.63) is 54.4 Å². The van der Waals surface area contributed by atoms with Gasteiger partial charge in [0.05, 0.1) is 12.2 Å². The predicted octanol–water partition coefficient (Wildman–Crippen LogP) is 2.53. The Morgan fingerprint density at radius 2 is 2.13 bits per heavy atom. The molecule has 6 heteroatoms. The van der Waals surface area contributed by atoms with E-state index in [1.165, 1.54) is 0 Å². The molecule has 1 saturated heterocycles. The number of amides is 3. The third-order valence-electron chi connectivity index (χ3n) is 3.65. The number of hydrogen-bond acceptors (Lipinski definition) is 3. The molecule has 0 saturated carbocycles. The van der Waals surface area contributed by atoms with Crippen LogP contribution in [0.5, 0.6) is 0 Å². The summed E-state index contributed by atoms with van der Waals surface area (Å²) in [7, 11) is 0. The Balaban J connectivity index is 1.59. The standard InChI is InChI=1S/C17H18N4O2/c22-16-8-4-10-21(16)15-7-3-6-13(11-15)20-17(23)19-12-14-5-1-2-9-18-14/h1-3,5-7,9,11H,4,8,10,12H2,(H2,19,20,23). The fourth-order valence-electron chi connectivity index (χ4n) is 2.52. The van der Waals surface area contributed by atoms with Gasteiger partial charge >= 0.3 is 6.03 Å². The molecule has 118 valence electrons. The molecule has 0 atom stereocenters. The molecular formula is C17H18N4O2. The Labute approximate surface area is 134 Å². The molecule has 1 aliphatic rings. The molecule has 0 unspecified atom stereocenters. The van der Waals surface area contributed by atoms with Gasteiger partial charge in [0, 0.05) is 30.5 Å². The van der Waals surface area contributed by atoms with Gasteiger partial charge in [-0.15, -0.1) is 0 Å². The number of nitrogens with one attached hydrogen (secondary N) is 2. The zero-order valence-corrected chi connectivity index (χ0v) is 12.7. The number of carbonyl (C=O) groups is 2. The van der Waals surface area contributed by atoms with Crippen molar-refractivity contribution >= 4 is 23.3 Å². The van der Waals surface area contributed by atoms with Crippen molar-refractivity contribution < 1.29 is 9.59 Å². The minimum Gasteiger partial charge on any atom is -0.332 e. The Hall–Kier alpha value is -2.89. The highest BCUT2D eigenvalue weighted by Crippen LogP contribution is 2.24. The molecule has 2 aromatic rings. The van der Waals surface area contributed by atoms with Crippen LogP contribution in [-0.4, -0.2) is 23.5 Å². The average Bonchev–Trinajstić information content (AvgIpc) is 3.00. The Morgan fingerprint density at radius 1 is 1.22 bits per heavy atom. The van der Waals surface area contributed by atoms with Crippen LogP contribution in [0.2, 0.25) is 0 Å². The number of carbonyl (C=O) groups excluding carboxylic acids is 2. The highest BCUT2D eigenvalue weighted by atomic mass is 16.2. The monoisotopic (exact) mass is 310 g/mol. The number of nitrogens with zero attached hydrogens (tertiary/aromatic N) is 2. The molecular weight excluding hydrogens is 292 g/mol. The average molecular weight is 310 g/mol. The molecule has 3 rings (SSSR count). The van der Waals surface area contributed by atoms with Crippen LogP contribution in [0.15, 0.2) is 48.7 Å². The van der Waals surface area contributed by atoms with Crippen LogP contribution in [-0.2, 0) is 11.3 Å². The maximum absolute atomic E-state index is 12.0.